The van der Waals surface area contributed by atoms with Crippen LogP contribution in [0, 0.1) is 0 Å². The van der Waals surface area contributed by atoms with Gasteiger partial charge in [0, 0.05) is 18.8 Å². The third-order valence-corrected chi connectivity index (χ3v) is 5.44. The smallest absolute Gasteiger partial charge is 0.256 e. The van der Waals surface area contributed by atoms with Gasteiger partial charge in [-0.25, -0.2) is 0 Å². The van der Waals surface area contributed by atoms with Crippen molar-refractivity contribution in [2.75, 3.05) is 38.2 Å². The molecule has 1 aliphatic rings. The monoisotopic (exact) mass is 390 g/mol. The van der Waals surface area contributed by atoms with Crippen molar-refractivity contribution in [3.05, 3.63) is 24.3 Å². The molecule has 158 valence electrons. The predicted octanol–water partition coefficient (Wildman–Crippen LogP) is 4.87. The van der Waals surface area contributed by atoms with Gasteiger partial charge in [0.25, 0.3) is 5.91 Å². The number of likely N-dealkylation sites (tertiary alicyclic amines) is 1. The lowest BCUT2D eigenvalue weighted by Gasteiger charge is -2.28. The zero-order chi connectivity index (χ0) is 20.2. The van der Waals surface area contributed by atoms with E-state index in [4.69, 9.17) is 9.47 Å². The van der Waals surface area contributed by atoms with Gasteiger partial charge < -0.3 is 14.8 Å². The summed E-state index contributed by atoms with van der Waals surface area (Å²) in [6, 6.07) is 7.63. The number of nitrogens with one attached hydrogen (secondary N) is 1. The van der Waals surface area contributed by atoms with E-state index in [0.717, 1.165) is 37.2 Å². The van der Waals surface area contributed by atoms with Crippen molar-refractivity contribution in [1.29, 1.82) is 0 Å². The summed E-state index contributed by atoms with van der Waals surface area (Å²) >= 11 is 0. The average Bonchev–Trinajstić information content (AvgIpc) is 2.97. The number of hydrogen-bond acceptors (Lipinski definition) is 4. The van der Waals surface area contributed by atoms with Gasteiger partial charge in [-0.3, -0.25) is 9.69 Å². The van der Waals surface area contributed by atoms with Crippen molar-refractivity contribution in [2.24, 2.45) is 0 Å². The van der Waals surface area contributed by atoms with Crippen molar-refractivity contribution in [3.63, 3.8) is 0 Å². The van der Waals surface area contributed by atoms with Crippen LogP contribution in [0.1, 0.15) is 65.7 Å². The first-order valence-corrected chi connectivity index (χ1v) is 11.0. The molecule has 1 atom stereocenters. The second-order valence-electron chi connectivity index (χ2n) is 7.85. The van der Waals surface area contributed by atoms with E-state index in [-0.39, 0.29) is 5.91 Å². The Kier molecular flexibility index (Phi) is 9.79. The van der Waals surface area contributed by atoms with Crippen molar-refractivity contribution in [3.8, 4) is 5.75 Å². The minimum absolute atomic E-state index is 0.0855. The maximum absolute atomic E-state index is 12.7. The number of nitrogens with zero attached hydrogens (tertiary/aromatic N) is 1. The van der Waals surface area contributed by atoms with E-state index in [9.17, 15) is 4.79 Å². The normalized spacial score (nSPS) is 17.5. The molecule has 1 N–H and O–H groups in total. The molecule has 1 aliphatic heterocycles. The van der Waals surface area contributed by atoms with Crippen LogP contribution >= 0.6 is 0 Å². The maximum Gasteiger partial charge on any atom is 0.256 e. The lowest BCUT2D eigenvalue weighted by Crippen LogP contribution is -2.42. The zero-order valence-electron chi connectivity index (χ0n) is 18.0. The fraction of sp³-hybridized carbons (Fsp3) is 0.696. The second-order valence-corrected chi connectivity index (χ2v) is 7.85. The molecule has 1 aromatic carbocycles. The number of carbonyl (C=O) groups is 1. The summed E-state index contributed by atoms with van der Waals surface area (Å²) < 4.78 is 11.7. The minimum atomic E-state index is -0.785. The van der Waals surface area contributed by atoms with Crippen molar-refractivity contribution < 1.29 is 14.3 Å². The molecule has 0 bridgehead atoms. The van der Waals surface area contributed by atoms with Crippen LogP contribution in [-0.2, 0) is 9.53 Å². The second kappa shape index (κ2) is 12.1. The van der Waals surface area contributed by atoms with Crippen LogP contribution in [-0.4, -0.2) is 49.3 Å². The van der Waals surface area contributed by atoms with Gasteiger partial charge in [-0.2, -0.15) is 0 Å². The molecule has 0 saturated carbocycles. The predicted molar refractivity (Wildman–Crippen MR) is 115 cm³/mol. The summed E-state index contributed by atoms with van der Waals surface area (Å²) in [7, 11) is 0. The molecular weight excluding hydrogens is 352 g/mol. The van der Waals surface area contributed by atoms with Gasteiger partial charge in [0.2, 0.25) is 0 Å². The zero-order valence-corrected chi connectivity index (χ0v) is 18.0. The van der Waals surface area contributed by atoms with E-state index in [2.05, 4.69) is 17.1 Å². The van der Waals surface area contributed by atoms with Gasteiger partial charge >= 0.3 is 0 Å². The highest BCUT2D eigenvalue weighted by atomic mass is 16.5. The third kappa shape index (κ3) is 7.44. The molecular formula is C23H38N2O3. The van der Waals surface area contributed by atoms with Crippen LogP contribution < -0.4 is 10.1 Å². The van der Waals surface area contributed by atoms with Gasteiger partial charge in [-0.05, 0) is 70.5 Å². The van der Waals surface area contributed by atoms with Gasteiger partial charge in [0.05, 0.1) is 0 Å². The van der Waals surface area contributed by atoms with E-state index in [1.165, 1.54) is 38.8 Å². The average molecular weight is 391 g/mol. The molecule has 1 aromatic rings. The van der Waals surface area contributed by atoms with Crippen LogP contribution in [0.15, 0.2) is 24.3 Å². The Labute approximate surface area is 170 Å². The Morgan fingerprint density at radius 3 is 2.39 bits per heavy atom. The Morgan fingerprint density at radius 2 is 1.79 bits per heavy atom. The SMILES string of the molecule is CCCCC(C)(OCC)C(=O)Nc1ccc(OCCN2CCCCCC2)cc1. The quantitative estimate of drug-likeness (QED) is 0.586. The number of hydrogen-bond donors (Lipinski definition) is 1. The summed E-state index contributed by atoms with van der Waals surface area (Å²) in [5.74, 6) is 0.754. The molecule has 28 heavy (non-hydrogen) atoms. The Bertz CT molecular complexity index is 568. The molecule has 1 saturated heterocycles. The molecule has 1 unspecified atom stereocenters. The number of amides is 1. The molecule has 0 aromatic heterocycles. The molecule has 0 aliphatic carbocycles. The number of benzene rings is 1. The molecule has 1 fully saturated rings. The van der Waals surface area contributed by atoms with E-state index < -0.39 is 5.60 Å². The lowest BCUT2D eigenvalue weighted by atomic mass is 9.97. The standard InChI is InChI=1S/C23H38N2O3/c1-4-6-15-23(3,28-5-2)22(26)24-20-11-13-21(14-12-20)27-19-18-25-16-9-7-8-10-17-25/h11-14H,4-10,15-19H2,1-3H3,(H,24,26). The summed E-state index contributed by atoms with van der Waals surface area (Å²) in [5.41, 5.74) is -0.0140. The molecule has 5 heteroatoms. The minimum Gasteiger partial charge on any atom is -0.492 e. The molecule has 0 spiro atoms. The molecule has 1 heterocycles. The van der Waals surface area contributed by atoms with Gasteiger partial charge in [-0.15, -0.1) is 0 Å². The summed E-state index contributed by atoms with van der Waals surface area (Å²) in [5, 5.41) is 2.99. The van der Waals surface area contributed by atoms with E-state index >= 15 is 0 Å². The summed E-state index contributed by atoms with van der Waals surface area (Å²) in [6.07, 6.45) is 8.03. The van der Waals surface area contributed by atoms with Gasteiger partial charge in [0.1, 0.15) is 18.0 Å². The van der Waals surface area contributed by atoms with Crippen LogP contribution in [0.4, 0.5) is 5.69 Å². The summed E-state index contributed by atoms with van der Waals surface area (Å²) in [4.78, 5) is 15.2. The van der Waals surface area contributed by atoms with Crippen LogP contribution in [0.2, 0.25) is 0 Å². The fourth-order valence-corrected chi connectivity index (χ4v) is 3.63. The first-order chi connectivity index (χ1) is 13.6. The number of ether oxygens (including phenoxy) is 2. The topological polar surface area (TPSA) is 50.8 Å². The summed E-state index contributed by atoms with van der Waals surface area (Å²) in [6.45, 7) is 10.5. The van der Waals surface area contributed by atoms with Crippen molar-refractivity contribution >= 4 is 11.6 Å². The fourth-order valence-electron chi connectivity index (χ4n) is 3.63. The Balaban J connectivity index is 1.81. The first kappa shape index (κ1) is 22.7. The largest absolute Gasteiger partial charge is 0.492 e. The van der Waals surface area contributed by atoms with Crippen molar-refractivity contribution in [2.45, 2.75) is 71.3 Å². The highest BCUT2D eigenvalue weighted by Gasteiger charge is 2.33. The highest BCUT2D eigenvalue weighted by Crippen LogP contribution is 2.23. The number of carbonyl (C=O) groups excluding carboxylic acids is 1. The maximum atomic E-state index is 12.7. The first-order valence-electron chi connectivity index (χ1n) is 11.0. The highest BCUT2D eigenvalue weighted by molar-refractivity contribution is 5.97. The van der Waals surface area contributed by atoms with Gasteiger partial charge in [0.15, 0.2) is 0 Å². The van der Waals surface area contributed by atoms with E-state index in [1.54, 1.807) is 0 Å². The number of anilines is 1. The molecule has 5 nitrogen and oxygen atoms in total. The Morgan fingerprint density at radius 1 is 1.11 bits per heavy atom. The molecule has 0 radical (unpaired) electrons. The van der Waals surface area contributed by atoms with E-state index in [0.29, 0.717) is 13.2 Å². The van der Waals surface area contributed by atoms with Crippen LogP contribution in [0.5, 0.6) is 5.75 Å². The van der Waals surface area contributed by atoms with Gasteiger partial charge in [-0.1, -0.05) is 32.6 Å². The van der Waals surface area contributed by atoms with Crippen molar-refractivity contribution in [1.82, 2.24) is 4.90 Å². The Hall–Kier alpha value is -1.59. The number of rotatable bonds is 11. The number of unbranched alkanes of at least 4 members (excludes halogenated alkanes) is 1. The van der Waals surface area contributed by atoms with Crippen LogP contribution in [0.3, 0.4) is 0 Å². The van der Waals surface area contributed by atoms with Crippen LogP contribution in [0.25, 0.3) is 0 Å². The third-order valence-electron chi connectivity index (χ3n) is 5.44. The molecule has 2 rings (SSSR count). The lowest BCUT2D eigenvalue weighted by molar-refractivity contribution is -0.139. The van der Waals surface area contributed by atoms with E-state index in [1.807, 2.05) is 38.1 Å². The molecule has 1 amide bonds.